The lowest BCUT2D eigenvalue weighted by molar-refractivity contribution is 0.0105. The molecule has 0 spiro atoms. The van der Waals surface area contributed by atoms with Gasteiger partial charge in [-0.3, -0.25) is 0 Å². The van der Waals surface area contributed by atoms with Crippen molar-refractivity contribution in [2.24, 2.45) is 0 Å². The van der Waals surface area contributed by atoms with Gasteiger partial charge in [0.1, 0.15) is 5.01 Å². The maximum absolute atomic E-state index is 6.21. The van der Waals surface area contributed by atoms with Crippen molar-refractivity contribution in [3.05, 3.63) is 40.5 Å². The SMILES string of the molecule is Clc1ccccc1-c1cnc(CNN2CCOCC2)s1. The predicted octanol–water partition coefficient (Wildman–Crippen LogP) is 2.80. The van der Waals surface area contributed by atoms with Crippen LogP contribution < -0.4 is 5.43 Å². The van der Waals surface area contributed by atoms with E-state index in [0.717, 1.165) is 53.3 Å². The number of morpholine rings is 1. The highest BCUT2D eigenvalue weighted by Gasteiger charge is 2.11. The fourth-order valence-electron chi connectivity index (χ4n) is 2.08. The third-order valence-electron chi connectivity index (χ3n) is 3.16. The van der Waals surface area contributed by atoms with E-state index in [1.807, 2.05) is 30.5 Å². The van der Waals surface area contributed by atoms with Crippen LogP contribution in [0.5, 0.6) is 0 Å². The Kier molecular flexibility index (Phi) is 4.65. The number of nitrogens with one attached hydrogen (secondary N) is 1. The van der Waals surface area contributed by atoms with Crippen molar-refractivity contribution >= 4 is 22.9 Å². The van der Waals surface area contributed by atoms with Crippen molar-refractivity contribution < 1.29 is 4.74 Å². The predicted molar refractivity (Wildman–Crippen MR) is 81.8 cm³/mol. The molecule has 1 fully saturated rings. The smallest absolute Gasteiger partial charge is 0.108 e. The maximum atomic E-state index is 6.21. The molecule has 0 amide bonds. The lowest BCUT2D eigenvalue weighted by atomic mass is 10.2. The molecule has 0 aliphatic carbocycles. The number of rotatable bonds is 4. The van der Waals surface area contributed by atoms with Gasteiger partial charge in [0.25, 0.3) is 0 Å². The minimum Gasteiger partial charge on any atom is -0.379 e. The van der Waals surface area contributed by atoms with Crippen molar-refractivity contribution in [3.8, 4) is 10.4 Å². The van der Waals surface area contributed by atoms with E-state index in [4.69, 9.17) is 16.3 Å². The third kappa shape index (κ3) is 3.37. The molecule has 1 aliphatic rings. The first-order chi connectivity index (χ1) is 9.83. The third-order valence-corrected chi connectivity index (χ3v) is 4.52. The highest BCUT2D eigenvalue weighted by molar-refractivity contribution is 7.15. The largest absolute Gasteiger partial charge is 0.379 e. The Bertz CT molecular complexity index is 569. The molecule has 0 saturated carbocycles. The van der Waals surface area contributed by atoms with Crippen LogP contribution in [0.25, 0.3) is 10.4 Å². The number of hydrogen-bond donors (Lipinski definition) is 1. The van der Waals surface area contributed by atoms with E-state index in [1.165, 1.54) is 0 Å². The molecule has 0 bridgehead atoms. The highest BCUT2D eigenvalue weighted by atomic mass is 35.5. The summed E-state index contributed by atoms with van der Waals surface area (Å²) >= 11 is 7.88. The Labute approximate surface area is 127 Å². The van der Waals surface area contributed by atoms with Crippen LogP contribution in [0.1, 0.15) is 5.01 Å². The second kappa shape index (κ2) is 6.65. The van der Waals surface area contributed by atoms with Gasteiger partial charge in [-0.25, -0.2) is 15.4 Å². The van der Waals surface area contributed by atoms with Gasteiger partial charge >= 0.3 is 0 Å². The average molecular weight is 310 g/mol. The summed E-state index contributed by atoms with van der Waals surface area (Å²) in [6, 6.07) is 7.86. The number of halogens is 1. The van der Waals surface area contributed by atoms with Crippen LogP contribution >= 0.6 is 22.9 Å². The van der Waals surface area contributed by atoms with Crippen LogP contribution in [-0.4, -0.2) is 36.3 Å². The Morgan fingerprint density at radius 3 is 2.90 bits per heavy atom. The molecule has 106 valence electrons. The van der Waals surface area contributed by atoms with Crippen LogP contribution in [0.3, 0.4) is 0 Å². The molecule has 0 radical (unpaired) electrons. The number of aromatic nitrogens is 1. The van der Waals surface area contributed by atoms with Gasteiger partial charge in [-0.1, -0.05) is 29.8 Å². The summed E-state index contributed by atoms with van der Waals surface area (Å²) in [7, 11) is 0. The summed E-state index contributed by atoms with van der Waals surface area (Å²) in [4.78, 5) is 5.56. The van der Waals surface area contributed by atoms with Gasteiger partial charge < -0.3 is 4.74 Å². The molecule has 1 aromatic carbocycles. The Morgan fingerprint density at radius 1 is 1.30 bits per heavy atom. The zero-order chi connectivity index (χ0) is 13.8. The molecule has 2 heterocycles. The monoisotopic (exact) mass is 309 g/mol. The number of hydrogen-bond acceptors (Lipinski definition) is 5. The van der Waals surface area contributed by atoms with Gasteiger partial charge in [0.2, 0.25) is 0 Å². The van der Waals surface area contributed by atoms with Crippen LogP contribution in [-0.2, 0) is 11.3 Å². The molecule has 4 nitrogen and oxygen atoms in total. The summed E-state index contributed by atoms with van der Waals surface area (Å²) in [5.41, 5.74) is 4.43. The molecule has 1 N–H and O–H groups in total. The minimum absolute atomic E-state index is 0.745. The first kappa shape index (κ1) is 14.0. The number of ether oxygens (including phenoxy) is 1. The zero-order valence-corrected chi connectivity index (χ0v) is 12.6. The Hall–Kier alpha value is -0.980. The van der Waals surface area contributed by atoms with E-state index in [9.17, 15) is 0 Å². The molecule has 3 rings (SSSR count). The standard InChI is InChI=1S/C14H16ClN3OS/c15-12-4-2-1-3-11(12)13-9-16-14(20-13)10-17-18-5-7-19-8-6-18/h1-4,9,17H,5-8,10H2. The molecule has 0 unspecified atom stereocenters. The molecular weight excluding hydrogens is 294 g/mol. The van der Waals surface area contributed by atoms with E-state index in [2.05, 4.69) is 15.4 Å². The van der Waals surface area contributed by atoms with Gasteiger partial charge in [0.05, 0.1) is 24.6 Å². The van der Waals surface area contributed by atoms with E-state index in [0.29, 0.717) is 0 Å². The fraction of sp³-hybridized carbons (Fsp3) is 0.357. The van der Waals surface area contributed by atoms with Crippen molar-refractivity contribution in [2.45, 2.75) is 6.54 Å². The first-order valence-electron chi connectivity index (χ1n) is 6.59. The van der Waals surface area contributed by atoms with Gasteiger partial charge in [-0.2, -0.15) is 0 Å². The van der Waals surface area contributed by atoms with Crippen molar-refractivity contribution in [3.63, 3.8) is 0 Å². The Balaban J connectivity index is 1.63. The minimum atomic E-state index is 0.745. The van der Waals surface area contributed by atoms with Crippen molar-refractivity contribution in [1.29, 1.82) is 0 Å². The van der Waals surface area contributed by atoms with Crippen LogP contribution in [0.4, 0.5) is 0 Å². The fourth-order valence-corrected chi connectivity index (χ4v) is 3.26. The van der Waals surface area contributed by atoms with E-state index >= 15 is 0 Å². The molecule has 1 aliphatic heterocycles. The van der Waals surface area contributed by atoms with Gasteiger partial charge in [0, 0.05) is 29.9 Å². The summed E-state index contributed by atoms with van der Waals surface area (Å²) in [6.07, 6.45) is 1.89. The number of thiazole rings is 1. The van der Waals surface area contributed by atoms with Gasteiger partial charge in [-0.15, -0.1) is 11.3 Å². The summed E-state index contributed by atoms with van der Waals surface area (Å²) in [5.74, 6) is 0. The summed E-state index contributed by atoms with van der Waals surface area (Å²) in [6.45, 7) is 4.16. The number of nitrogens with zero attached hydrogens (tertiary/aromatic N) is 2. The quantitative estimate of drug-likeness (QED) is 0.942. The summed E-state index contributed by atoms with van der Waals surface area (Å²) < 4.78 is 5.32. The van der Waals surface area contributed by atoms with Crippen LogP contribution in [0, 0.1) is 0 Å². The highest BCUT2D eigenvalue weighted by Crippen LogP contribution is 2.31. The second-order valence-electron chi connectivity index (χ2n) is 4.53. The molecule has 1 saturated heterocycles. The summed E-state index contributed by atoms with van der Waals surface area (Å²) in [5, 5.41) is 4.01. The lowest BCUT2D eigenvalue weighted by Crippen LogP contribution is -2.45. The molecule has 6 heteroatoms. The van der Waals surface area contributed by atoms with Crippen molar-refractivity contribution in [1.82, 2.24) is 15.4 Å². The molecule has 20 heavy (non-hydrogen) atoms. The molecule has 0 atom stereocenters. The average Bonchev–Trinajstić information content (AvgIpc) is 2.95. The first-order valence-corrected chi connectivity index (χ1v) is 7.78. The lowest BCUT2D eigenvalue weighted by Gasteiger charge is -2.26. The topological polar surface area (TPSA) is 37.4 Å². The van der Waals surface area contributed by atoms with Gasteiger partial charge in [0.15, 0.2) is 0 Å². The molecule has 2 aromatic rings. The maximum Gasteiger partial charge on any atom is 0.108 e. The van der Waals surface area contributed by atoms with Crippen molar-refractivity contribution in [2.75, 3.05) is 26.3 Å². The molecule has 1 aromatic heterocycles. The normalized spacial score (nSPS) is 16.4. The van der Waals surface area contributed by atoms with Gasteiger partial charge in [-0.05, 0) is 6.07 Å². The van der Waals surface area contributed by atoms with E-state index < -0.39 is 0 Å². The second-order valence-corrected chi connectivity index (χ2v) is 6.05. The molecular formula is C14H16ClN3OS. The Morgan fingerprint density at radius 2 is 2.10 bits per heavy atom. The van der Waals surface area contributed by atoms with Crippen LogP contribution in [0.2, 0.25) is 5.02 Å². The van der Waals surface area contributed by atoms with Crippen LogP contribution in [0.15, 0.2) is 30.5 Å². The van der Waals surface area contributed by atoms with E-state index in [-0.39, 0.29) is 0 Å². The zero-order valence-electron chi connectivity index (χ0n) is 11.0. The number of benzene rings is 1. The van der Waals surface area contributed by atoms with E-state index in [1.54, 1.807) is 11.3 Å². The number of hydrazine groups is 1.